The number of likely N-dealkylation sites (tertiary alicyclic amines) is 1. The fourth-order valence-electron chi connectivity index (χ4n) is 3.73. The van der Waals surface area contributed by atoms with Crippen molar-refractivity contribution >= 4 is 5.91 Å². The molecule has 3 rings (SSSR count). The molecule has 22 heavy (non-hydrogen) atoms. The molecular formula is C16H17F4NO. The molecule has 2 unspecified atom stereocenters. The van der Waals surface area contributed by atoms with Crippen LogP contribution in [0.25, 0.3) is 0 Å². The van der Waals surface area contributed by atoms with Gasteiger partial charge in [0, 0.05) is 12.6 Å². The highest BCUT2D eigenvalue weighted by Crippen LogP contribution is 2.38. The third kappa shape index (κ3) is 2.59. The van der Waals surface area contributed by atoms with Gasteiger partial charge in [-0.15, -0.1) is 0 Å². The lowest BCUT2D eigenvalue weighted by Gasteiger charge is -2.31. The van der Waals surface area contributed by atoms with Crippen LogP contribution in [-0.4, -0.2) is 23.4 Å². The van der Waals surface area contributed by atoms with Crippen LogP contribution in [-0.2, 0) is 6.18 Å². The van der Waals surface area contributed by atoms with E-state index >= 15 is 0 Å². The molecule has 1 aromatic carbocycles. The summed E-state index contributed by atoms with van der Waals surface area (Å²) in [4.78, 5) is 14.1. The summed E-state index contributed by atoms with van der Waals surface area (Å²) in [5, 5.41) is 0. The Balaban J connectivity index is 1.90. The van der Waals surface area contributed by atoms with E-state index in [4.69, 9.17) is 0 Å². The second-order valence-electron chi connectivity index (χ2n) is 6.06. The largest absolute Gasteiger partial charge is 0.419 e. The molecule has 1 saturated carbocycles. The second-order valence-corrected chi connectivity index (χ2v) is 6.06. The maximum absolute atomic E-state index is 14.1. The minimum atomic E-state index is -4.79. The zero-order valence-corrected chi connectivity index (χ0v) is 12.0. The third-order valence-corrected chi connectivity index (χ3v) is 4.81. The van der Waals surface area contributed by atoms with Crippen LogP contribution < -0.4 is 0 Å². The van der Waals surface area contributed by atoms with E-state index in [1.54, 1.807) is 4.90 Å². The molecule has 1 aliphatic carbocycles. The average molecular weight is 315 g/mol. The first kappa shape index (κ1) is 15.3. The summed E-state index contributed by atoms with van der Waals surface area (Å²) in [7, 11) is 0. The van der Waals surface area contributed by atoms with Crippen molar-refractivity contribution in [3.8, 4) is 0 Å². The van der Waals surface area contributed by atoms with E-state index in [0.29, 0.717) is 18.5 Å². The second kappa shape index (κ2) is 5.56. The molecule has 0 radical (unpaired) electrons. The molecule has 0 aromatic heterocycles. The molecule has 2 fully saturated rings. The fourth-order valence-corrected chi connectivity index (χ4v) is 3.73. The normalized spacial score (nSPS) is 25.2. The van der Waals surface area contributed by atoms with Crippen molar-refractivity contribution in [2.75, 3.05) is 6.54 Å². The van der Waals surface area contributed by atoms with Crippen LogP contribution in [0.5, 0.6) is 0 Å². The van der Waals surface area contributed by atoms with Crippen molar-refractivity contribution in [2.45, 2.75) is 44.3 Å². The van der Waals surface area contributed by atoms with E-state index in [9.17, 15) is 22.4 Å². The Hall–Kier alpha value is -1.59. The fraction of sp³-hybridized carbons (Fsp3) is 0.562. The number of hydrogen-bond acceptors (Lipinski definition) is 1. The molecule has 0 bridgehead atoms. The Morgan fingerprint density at radius 3 is 2.59 bits per heavy atom. The van der Waals surface area contributed by atoms with E-state index in [1.807, 2.05) is 0 Å². The van der Waals surface area contributed by atoms with E-state index in [0.717, 1.165) is 44.2 Å². The Kier molecular flexibility index (Phi) is 3.87. The molecule has 0 spiro atoms. The zero-order chi connectivity index (χ0) is 15.9. The highest BCUT2D eigenvalue weighted by Gasteiger charge is 2.41. The lowest BCUT2D eigenvalue weighted by atomic mass is 9.85. The number of carbonyl (C=O) groups is 1. The van der Waals surface area contributed by atoms with E-state index < -0.39 is 29.0 Å². The highest BCUT2D eigenvalue weighted by molar-refractivity contribution is 5.95. The summed E-state index contributed by atoms with van der Waals surface area (Å²) in [5.74, 6) is -1.66. The highest BCUT2D eigenvalue weighted by atomic mass is 19.4. The number of rotatable bonds is 1. The van der Waals surface area contributed by atoms with Gasteiger partial charge in [-0.25, -0.2) is 4.39 Å². The van der Waals surface area contributed by atoms with Crippen molar-refractivity contribution in [1.29, 1.82) is 0 Å². The summed E-state index contributed by atoms with van der Waals surface area (Å²) in [6.45, 7) is 0.504. The summed E-state index contributed by atoms with van der Waals surface area (Å²) in [6, 6.07) is 2.95. The molecule has 2 aliphatic rings. The van der Waals surface area contributed by atoms with Gasteiger partial charge >= 0.3 is 6.18 Å². The standard InChI is InChI=1S/C16H17F4NO/c17-14-11(5-3-6-12(14)16(18,19)20)15(22)21-9-8-10-4-1-2-7-13(10)21/h3,5-6,10,13H,1-2,4,7-9H2. The maximum Gasteiger partial charge on any atom is 0.419 e. The molecule has 120 valence electrons. The van der Waals surface area contributed by atoms with Gasteiger partial charge < -0.3 is 4.90 Å². The van der Waals surface area contributed by atoms with Crippen LogP contribution in [0.2, 0.25) is 0 Å². The number of nitrogens with zero attached hydrogens (tertiary/aromatic N) is 1. The van der Waals surface area contributed by atoms with Crippen LogP contribution in [0, 0.1) is 11.7 Å². The number of hydrogen-bond donors (Lipinski definition) is 0. The van der Waals surface area contributed by atoms with Crippen molar-refractivity contribution in [3.63, 3.8) is 0 Å². The van der Waals surface area contributed by atoms with E-state index in [1.165, 1.54) is 0 Å². The molecule has 1 aromatic rings. The smallest absolute Gasteiger partial charge is 0.335 e. The number of amides is 1. The van der Waals surface area contributed by atoms with E-state index in [-0.39, 0.29) is 6.04 Å². The van der Waals surface area contributed by atoms with Crippen molar-refractivity contribution < 1.29 is 22.4 Å². The van der Waals surface area contributed by atoms with Gasteiger partial charge in [-0.1, -0.05) is 18.9 Å². The monoisotopic (exact) mass is 315 g/mol. The minimum Gasteiger partial charge on any atom is -0.335 e. The number of carbonyl (C=O) groups excluding carboxylic acids is 1. The zero-order valence-electron chi connectivity index (χ0n) is 12.0. The molecule has 1 amide bonds. The predicted octanol–water partition coefficient (Wildman–Crippen LogP) is 4.25. The number of alkyl halides is 3. The first-order valence-corrected chi connectivity index (χ1v) is 7.56. The first-order valence-electron chi connectivity index (χ1n) is 7.56. The molecule has 1 saturated heterocycles. The Bertz CT molecular complexity index is 584. The number of fused-ring (bicyclic) bond motifs is 1. The number of benzene rings is 1. The van der Waals surface area contributed by atoms with Gasteiger partial charge in [0.25, 0.3) is 5.91 Å². The minimum absolute atomic E-state index is 0.0511. The lowest BCUT2D eigenvalue weighted by molar-refractivity contribution is -0.140. The van der Waals surface area contributed by atoms with Gasteiger partial charge in [-0.05, 0) is 37.3 Å². The molecule has 2 nitrogen and oxygen atoms in total. The SMILES string of the molecule is O=C(c1cccc(C(F)(F)F)c1F)N1CCC2CCCCC21. The van der Waals surface area contributed by atoms with Crippen LogP contribution in [0.3, 0.4) is 0 Å². The van der Waals surface area contributed by atoms with E-state index in [2.05, 4.69) is 0 Å². The summed E-state index contributed by atoms with van der Waals surface area (Å²) < 4.78 is 52.4. The molecular weight excluding hydrogens is 298 g/mol. The first-order chi connectivity index (χ1) is 10.4. The summed E-state index contributed by atoms with van der Waals surface area (Å²) >= 11 is 0. The predicted molar refractivity (Wildman–Crippen MR) is 72.8 cm³/mol. The van der Waals surface area contributed by atoms with Gasteiger partial charge in [-0.2, -0.15) is 13.2 Å². The Morgan fingerprint density at radius 2 is 1.86 bits per heavy atom. The van der Waals surface area contributed by atoms with Gasteiger partial charge in [0.1, 0.15) is 5.82 Å². The van der Waals surface area contributed by atoms with Crippen molar-refractivity contribution in [3.05, 3.63) is 35.1 Å². The van der Waals surface area contributed by atoms with Gasteiger partial charge in [0.15, 0.2) is 0 Å². The quantitative estimate of drug-likeness (QED) is 0.710. The molecule has 6 heteroatoms. The number of halogens is 4. The molecule has 2 atom stereocenters. The Labute approximate surface area is 126 Å². The van der Waals surface area contributed by atoms with Gasteiger partial charge in [0.2, 0.25) is 0 Å². The molecule has 1 aliphatic heterocycles. The Morgan fingerprint density at radius 1 is 1.14 bits per heavy atom. The maximum atomic E-state index is 14.1. The lowest BCUT2D eigenvalue weighted by Crippen LogP contribution is -2.39. The molecule has 1 heterocycles. The van der Waals surface area contributed by atoms with Gasteiger partial charge in [0.05, 0.1) is 11.1 Å². The van der Waals surface area contributed by atoms with Crippen LogP contribution in [0.1, 0.15) is 48.0 Å². The third-order valence-electron chi connectivity index (χ3n) is 4.81. The van der Waals surface area contributed by atoms with Crippen molar-refractivity contribution in [2.24, 2.45) is 5.92 Å². The molecule has 0 N–H and O–H groups in total. The average Bonchev–Trinajstić information content (AvgIpc) is 2.89. The van der Waals surface area contributed by atoms with Crippen LogP contribution >= 0.6 is 0 Å². The summed E-state index contributed by atoms with van der Waals surface area (Å²) in [6.07, 6.45) is 0.101. The van der Waals surface area contributed by atoms with Crippen LogP contribution in [0.4, 0.5) is 17.6 Å². The summed E-state index contributed by atoms with van der Waals surface area (Å²) in [5.41, 5.74) is -1.85. The topological polar surface area (TPSA) is 20.3 Å². The van der Waals surface area contributed by atoms with Crippen LogP contribution in [0.15, 0.2) is 18.2 Å². The van der Waals surface area contributed by atoms with Gasteiger partial charge in [-0.3, -0.25) is 4.79 Å². The van der Waals surface area contributed by atoms with Crippen molar-refractivity contribution in [1.82, 2.24) is 4.90 Å².